The van der Waals surface area contributed by atoms with Gasteiger partial charge in [-0.2, -0.15) is 0 Å². The SMILES string of the molecule is CCc1ccc2oc(-c3cc(NC(=S)NC(=O)/C=C/c4ccc(-c5cc(Cl)cc(Cl)c5)o4)ccc3O)nc2c1. The van der Waals surface area contributed by atoms with E-state index in [0.717, 1.165) is 17.5 Å². The number of nitrogens with zero attached hydrogens (tertiary/aromatic N) is 1. The second-order valence-corrected chi connectivity index (χ2v) is 9.82. The zero-order chi connectivity index (χ0) is 27.5. The zero-order valence-electron chi connectivity index (χ0n) is 20.5. The lowest BCUT2D eigenvalue weighted by molar-refractivity contribution is -0.115. The molecule has 39 heavy (non-hydrogen) atoms. The van der Waals surface area contributed by atoms with Crippen molar-refractivity contribution < 1.29 is 18.7 Å². The minimum atomic E-state index is -0.457. The summed E-state index contributed by atoms with van der Waals surface area (Å²) in [6.07, 6.45) is 3.69. The Morgan fingerprint density at radius 3 is 2.59 bits per heavy atom. The number of thiocarbonyl (C=S) groups is 1. The lowest BCUT2D eigenvalue weighted by Crippen LogP contribution is -2.32. The van der Waals surface area contributed by atoms with Crippen molar-refractivity contribution in [1.29, 1.82) is 0 Å². The van der Waals surface area contributed by atoms with Gasteiger partial charge >= 0.3 is 0 Å². The Labute approximate surface area is 239 Å². The summed E-state index contributed by atoms with van der Waals surface area (Å²) in [6.45, 7) is 2.06. The summed E-state index contributed by atoms with van der Waals surface area (Å²) in [5.41, 5.74) is 4.10. The van der Waals surface area contributed by atoms with E-state index in [4.69, 9.17) is 44.3 Å². The number of halogens is 2. The molecule has 0 aliphatic carbocycles. The van der Waals surface area contributed by atoms with Crippen LogP contribution in [0.2, 0.25) is 10.0 Å². The van der Waals surface area contributed by atoms with Crippen molar-refractivity contribution in [3.8, 4) is 28.5 Å². The molecule has 0 saturated carbocycles. The normalized spacial score (nSPS) is 11.3. The van der Waals surface area contributed by atoms with Crippen LogP contribution in [0.1, 0.15) is 18.2 Å². The average Bonchev–Trinajstić information content (AvgIpc) is 3.55. The van der Waals surface area contributed by atoms with Gasteiger partial charge in [-0.25, -0.2) is 4.98 Å². The van der Waals surface area contributed by atoms with Crippen LogP contribution < -0.4 is 10.6 Å². The molecular weight excluding hydrogens is 557 g/mol. The van der Waals surface area contributed by atoms with Gasteiger partial charge in [0, 0.05) is 27.4 Å². The highest BCUT2D eigenvalue weighted by Crippen LogP contribution is 2.33. The van der Waals surface area contributed by atoms with Gasteiger partial charge in [-0.05, 0) is 90.9 Å². The lowest BCUT2D eigenvalue weighted by Gasteiger charge is -2.09. The molecule has 0 saturated heterocycles. The van der Waals surface area contributed by atoms with E-state index in [0.29, 0.717) is 43.9 Å². The number of oxazole rings is 1. The van der Waals surface area contributed by atoms with Gasteiger partial charge in [0.05, 0.1) is 5.56 Å². The summed E-state index contributed by atoms with van der Waals surface area (Å²) in [4.78, 5) is 16.9. The molecule has 0 aliphatic rings. The maximum absolute atomic E-state index is 12.4. The van der Waals surface area contributed by atoms with Gasteiger partial charge in [0.2, 0.25) is 11.8 Å². The molecule has 0 fully saturated rings. The number of hydrogen-bond acceptors (Lipinski definition) is 6. The van der Waals surface area contributed by atoms with Gasteiger partial charge in [0.1, 0.15) is 22.8 Å². The van der Waals surface area contributed by atoms with Gasteiger partial charge in [-0.15, -0.1) is 0 Å². The first kappa shape index (κ1) is 26.5. The zero-order valence-corrected chi connectivity index (χ0v) is 22.8. The molecule has 0 atom stereocenters. The number of phenolic OH excluding ortho intramolecular Hbond substituents is 1. The first-order valence-corrected chi connectivity index (χ1v) is 13.0. The van der Waals surface area contributed by atoms with Crippen LogP contribution in [0, 0.1) is 0 Å². The Kier molecular flexibility index (Phi) is 7.70. The first-order valence-electron chi connectivity index (χ1n) is 11.9. The second-order valence-electron chi connectivity index (χ2n) is 8.54. The third kappa shape index (κ3) is 6.31. The van der Waals surface area contributed by atoms with Gasteiger partial charge in [-0.3, -0.25) is 10.1 Å². The molecule has 196 valence electrons. The highest BCUT2D eigenvalue weighted by Gasteiger charge is 2.14. The molecule has 2 aromatic heterocycles. The number of fused-ring (bicyclic) bond motifs is 1. The molecular formula is C29H21Cl2N3O4S. The Morgan fingerprint density at radius 2 is 1.82 bits per heavy atom. The minimum Gasteiger partial charge on any atom is -0.507 e. The summed E-state index contributed by atoms with van der Waals surface area (Å²) >= 11 is 17.4. The van der Waals surface area contributed by atoms with Crippen LogP contribution in [0.25, 0.3) is 40.0 Å². The molecule has 5 aromatic rings. The van der Waals surface area contributed by atoms with Crippen LogP contribution >= 0.6 is 35.4 Å². The minimum absolute atomic E-state index is 0.00132. The number of furan rings is 1. The quantitative estimate of drug-likeness (QED) is 0.107. The average molecular weight is 578 g/mol. The third-order valence-corrected chi connectivity index (χ3v) is 6.40. The summed E-state index contributed by atoms with van der Waals surface area (Å²) in [5.74, 6) is 0.835. The number of hydrogen-bond donors (Lipinski definition) is 3. The fourth-order valence-electron chi connectivity index (χ4n) is 3.86. The van der Waals surface area contributed by atoms with Crippen LogP contribution in [0.4, 0.5) is 5.69 Å². The number of aromatic hydroxyl groups is 1. The predicted molar refractivity (Wildman–Crippen MR) is 158 cm³/mol. The number of aryl methyl sites for hydroxylation is 1. The molecule has 5 rings (SSSR count). The van der Waals surface area contributed by atoms with Crippen molar-refractivity contribution in [3.63, 3.8) is 0 Å². The fourth-order valence-corrected chi connectivity index (χ4v) is 4.61. The van der Waals surface area contributed by atoms with Crippen LogP contribution in [-0.4, -0.2) is 21.1 Å². The summed E-state index contributed by atoms with van der Waals surface area (Å²) < 4.78 is 11.6. The maximum atomic E-state index is 12.4. The molecule has 7 nitrogen and oxygen atoms in total. The van der Waals surface area contributed by atoms with E-state index in [1.165, 1.54) is 18.2 Å². The standard InChI is InChI=1S/C29H21Cl2N3O4S/c1-2-16-3-8-26-23(11-16)33-28(38-26)22-15-20(4-7-24(22)35)32-29(39)34-27(36)10-6-21-5-9-25(37-21)17-12-18(30)14-19(31)13-17/h3-15,35H,2H2,1H3,(H2,32,34,36,39)/b10-6+. The number of anilines is 1. The van der Waals surface area contributed by atoms with Crippen molar-refractivity contribution in [3.05, 3.63) is 94.2 Å². The van der Waals surface area contributed by atoms with Gasteiger partial charge in [-0.1, -0.05) is 36.2 Å². The second kappa shape index (κ2) is 11.3. The monoisotopic (exact) mass is 577 g/mol. The molecule has 0 aliphatic heterocycles. The number of rotatable bonds is 6. The van der Waals surface area contributed by atoms with E-state index >= 15 is 0 Å². The Balaban J connectivity index is 1.23. The van der Waals surface area contributed by atoms with E-state index < -0.39 is 5.91 Å². The first-order chi connectivity index (χ1) is 18.8. The highest BCUT2D eigenvalue weighted by molar-refractivity contribution is 7.80. The number of carbonyl (C=O) groups excluding carboxylic acids is 1. The number of aromatic nitrogens is 1. The van der Waals surface area contributed by atoms with Crippen molar-refractivity contribution in [2.75, 3.05) is 5.32 Å². The van der Waals surface area contributed by atoms with Gasteiger partial charge in [0.25, 0.3) is 0 Å². The van der Waals surface area contributed by atoms with E-state index in [1.807, 2.05) is 18.2 Å². The van der Waals surface area contributed by atoms with Crippen LogP contribution in [0.3, 0.4) is 0 Å². The van der Waals surface area contributed by atoms with Gasteiger partial charge in [0.15, 0.2) is 10.7 Å². The van der Waals surface area contributed by atoms with Crippen LogP contribution in [-0.2, 0) is 11.2 Å². The third-order valence-electron chi connectivity index (χ3n) is 5.75. The maximum Gasteiger partial charge on any atom is 0.250 e. The molecule has 0 bridgehead atoms. The summed E-state index contributed by atoms with van der Waals surface area (Å²) in [7, 11) is 0. The number of nitrogens with one attached hydrogen (secondary N) is 2. The van der Waals surface area contributed by atoms with E-state index in [9.17, 15) is 9.90 Å². The number of benzene rings is 3. The van der Waals surface area contributed by atoms with Crippen molar-refractivity contribution >= 4 is 69.3 Å². The molecule has 2 heterocycles. The van der Waals surface area contributed by atoms with Gasteiger partial charge < -0.3 is 19.3 Å². The predicted octanol–water partition coefficient (Wildman–Crippen LogP) is 7.86. The Bertz CT molecular complexity index is 1720. The Morgan fingerprint density at radius 1 is 1.03 bits per heavy atom. The lowest BCUT2D eigenvalue weighted by atomic mass is 10.1. The van der Waals surface area contributed by atoms with Crippen molar-refractivity contribution in [2.45, 2.75) is 13.3 Å². The summed E-state index contributed by atoms with van der Waals surface area (Å²) in [5, 5.41) is 17.0. The highest BCUT2D eigenvalue weighted by atomic mass is 35.5. The van der Waals surface area contributed by atoms with Crippen molar-refractivity contribution in [1.82, 2.24) is 10.3 Å². The molecule has 10 heteroatoms. The molecule has 1 amide bonds. The van der Waals surface area contributed by atoms with E-state index in [1.54, 1.807) is 42.5 Å². The number of amides is 1. The Hall–Kier alpha value is -4.11. The number of phenols is 1. The molecule has 3 N–H and O–H groups in total. The van der Waals surface area contributed by atoms with Crippen LogP contribution in [0.5, 0.6) is 5.75 Å². The molecule has 3 aromatic carbocycles. The van der Waals surface area contributed by atoms with E-state index in [-0.39, 0.29) is 16.8 Å². The van der Waals surface area contributed by atoms with Crippen molar-refractivity contribution in [2.24, 2.45) is 0 Å². The van der Waals surface area contributed by atoms with E-state index in [2.05, 4.69) is 22.5 Å². The fraction of sp³-hybridized carbons (Fsp3) is 0.0690. The summed E-state index contributed by atoms with van der Waals surface area (Å²) in [6, 6.07) is 19.1. The number of carbonyl (C=O) groups is 1. The molecule has 0 spiro atoms. The molecule has 0 radical (unpaired) electrons. The largest absolute Gasteiger partial charge is 0.507 e. The van der Waals surface area contributed by atoms with Crippen LogP contribution in [0.15, 0.2) is 81.6 Å². The topological polar surface area (TPSA) is 101 Å². The smallest absolute Gasteiger partial charge is 0.250 e. The molecule has 0 unspecified atom stereocenters.